The standard InChI is InChI=1S/C20H33N3O4.HI/c1-5-27-19-12-16(6-7-18(19)25-4)13-22-20(21-2)23-9-8-17(14-23)15-26-11-10-24-3;/h6-7,12,17H,5,8-11,13-15H2,1-4H3,(H,21,22);1H. The minimum Gasteiger partial charge on any atom is -0.493 e. The van der Waals surface area contributed by atoms with Gasteiger partial charge in [-0.25, -0.2) is 0 Å². The van der Waals surface area contributed by atoms with Crippen molar-refractivity contribution in [3.05, 3.63) is 23.8 Å². The van der Waals surface area contributed by atoms with Crippen molar-refractivity contribution in [3.8, 4) is 11.5 Å². The van der Waals surface area contributed by atoms with E-state index < -0.39 is 0 Å². The summed E-state index contributed by atoms with van der Waals surface area (Å²) in [5.74, 6) is 2.97. The molecule has 1 saturated heterocycles. The number of benzene rings is 1. The zero-order chi connectivity index (χ0) is 19.5. The van der Waals surface area contributed by atoms with Crippen LogP contribution in [0.4, 0.5) is 0 Å². The van der Waals surface area contributed by atoms with Gasteiger partial charge < -0.3 is 29.2 Å². The van der Waals surface area contributed by atoms with E-state index in [2.05, 4.69) is 15.2 Å². The van der Waals surface area contributed by atoms with Gasteiger partial charge in [0.15, 0.2) is 17.5 Å². The molecule has 1 N–H and O–H groups in total. The van der Waals surface area contributed by atoms with E-state index in [0.717, 1.165) is 49.1 Å². The molecule has 0 bridgehead atoms. The van der Waals surface area contributed by atoms with E-state index in [-0.39, 0.29) is 24.0 Å². The number of guanidine groups is 1. The second kappa shape index (κ2) is 13.8. The van der Waals surface area contributed by atoms with Gasteiger partial charge >= 0.3 is 0 Å². The first-order valence-electron chi connectivity index (χ1n) is 9.53. The number of aliphatic imine (C=N–C) groups is 1. The Morgan fingerprint density at radius 3 is 2.75 bits per heavy atom. The van der Waals surface area contributed by atoms with Gasteiger partial charge in [0.25, 0.3) is 0 Å². The molecule has 1 fully saturated rings. The average Bonchev–Trinajstić information content (AvgIpc) is 3.15. The Hall–Kier alpha value is -1.26. The second-order valence-corrected chi connectivity index (χ2v) is 6.49. The van der Waals surface area contributed by atoms with Crippen molar-refractivity contribution >= 4 is 29.9 Å². The van der Waals surface area contributed by atoms with E-state index in [1.165, 1.54) is 0 Å². The van der Waals surface area contributed by atoms with Crippen molar-refractivity contribution in [2.45, 2.75) is 19.9 Å². The van der Waals surface area contributed by atoms with Crippen molar-refractivity contribution in [1.82, 2.24) is 10.2 Å². The Morgan fingerprint density at radius 2 is 2.07 bits per heavy atom. The van der Waals surface area contributed by atoms with Crippen LogP contribution in [0.5, 0.6) is 11.5 Å². The van der Waals surface area contributed by atoms with E-state index >= 15 is 0 Å². The summed E-state index contributed by atoms with van der Waals surface area (Å²) in [6, 6.07) is 5.99. The van der Waals surface area contributed by atoms with Gasteiger partial charge in [-0.1, -0.05) is 6.07 Å². The zero-order valence-electron chi connectivity index (χ0n) is 17.4. The third-order valence-corrected chi connectivity index (χ3v) is 4.56. The lowest BCUT2D eigenvalue weighted by Gasteiger charge is -2.22. The molecule has 160 valence electrons. The molecule has 7 nitrogen and oxygen atoms in total. The molecule has 1 unspecified atom stereocenters. The van der Waals surface area contributed by atoms with Gasteiger partial charge in [-0.15, -0.1) is 24.0 Å². The summed E-state index contributed by atoms with van der Waals surface area (Å²) in [5, 5.41) is 3.45. The van der Waals surface area contributed by atoms with E-state index in [9.17, 15) is 0 Å². The first-order valence-corrected chi connectivity index (χ1v) is 9.53. The lowest BCUT2D eigenvalue weighted by atomic mass is 10.1. The molecule has 28 heavy (non-hydrogen) atoms. The molecule has 2 rings (SSSR count). The number of nitrogens with zero attached hydrogens (tertiary/aromatic N) is 2. The van der Waals surface area contributed by atoms with Gasteiger partial charge in [0.2, 0.25) is 0 Å². The van der Waals surface area contributed by atoms with Crippen molar-refractivity contribution in [1.29, 1.82) is 0 Å². The molecule has 0 aliphatic carbocycles. The van der Waals surface area contributed by atoms with Crippen molar-refractivity contribution in [2.75, 3.05) is 60.8 Å². The van der Waals surface area contributed by atoms with Crippen molar-refractivity contribution in [3.63, 3.8) is 0 Å². The monoisotopic (exact) mass is 507 g/mol. The van der Waals surface area contributed by atoms with Crippen LogP contribution in [0.2, 0.25) is 0 Å². The highest BCUT2D eigenvalue weighted by molar-refractivity contribution is 14.0. The summed E-state index contributed by atoms with van der Waals surface area (Å²) >= 11 is 0. The molecular weight excluding hydrogens is 473 g/mol. The van der Waals surface area contributed by atoms with Crippen molar-refractivity contribution < 1.29 is 18.9 Å². The summed E-state index contributed by atoms with van der Waals surface area (Å²) < 4.78 is 21.7. The molecule has 0 saturated carbocycles. The molecule has 1 atom stereocenters. The maximum absolute atomic E-state index is 5.67. The number of hydrogen-bond donors (Lipinski definition) is 1. The van der Waals surface area contributed by atoms with Crippen LogP contribution in [-0.2, 0) is 16.0 Å². The van der Waals surface area contributed by atoms with Crippen LogP contribution in [0.1, 0.15) is 18.9 Å². The first-order chi connectivity index (χ1) is 13.2. The smallest absolute Gasteiger partial charge is 0.193 e. The third-order valence-electron chi connectivity index (χ3n) is 4.56. The molecule has 1 heterocycles. The Bertz CT molecular complexity index is 601. The Balaban J connectivity index is 0.00000392. The van der Waals surface area contributed by atoms with E-state index in [1.807, 2.05) is 32.2 Å². The number of likely N-dealkylation sites (tertiary alicyclic amines) is 1. The van der Waals surface area contributed by atoms with Crippen LogP contribution < -0.4 is 14.8 Å². The van der Waals surface area contributed by atoms with E-state index in [4.69, 9.17) is 18.9 Å². The first kappa shape index (κ1) is 24.8. The normalized spacial score (nSPS) is 16.6. The number of nitrogens with one attached hydrogen (secondary N) is 1. The fourth-order valence-electron chi connectivity index (χ4n) is 3.17. The SMILES string of the molecule is CCOc1cc(CNC(=NC)N2CCC(COCCOC)C2)ccc1OC.I. The van der Waals surface area contributed by atoms with E-state index in [1.54, 1.807) is 14.2 Å². The summed E-state index contributed by atoms with van der Waals surface area (Å²) in [4.78, 5) is 6.73. The Morgan fingerprint density at radius 1 is 1.25 bits per heavy atom. The van der Waals surface area contributed by atoms with Crippen LogP contribution in [0, 0.1) is 5.92 Å². The maximum Gasteiger partial charge on any atom is 0.193 e. The van der Waals surface area contributed by atoms with Crippen LogP contribution in [0.25, 0.3) is 0 Å². The maximum atomic E-state index is 5.67. The molecule has 1 aromatic rings. The highest BCUT2D eigenvalue weighted by Crippen LogP contribution is 2.28. The van der Waals surface area contributed by atoms with Crippen LogP contribution in [0.15, 0.2) is 23.2 Å². The van der Waals surface area contributed by atoms with Gasteiger partial charge in [0.1, 0.15) is 0 Å². The topological polar surface area (TPSA) is 64.6 Å². The lowest BCUT2D eigenvalue weighted by molar-refractivity contribution is 0.0536. The van der Waals surface area contributed by atoms with Crippen LogP contribution in [0.3, 0.4) is 0 Å². The van der Waals surface area contributed by atoms with Gasteiger partial charge in [-0.3, -0.25) is 4.99 Å². The van der Waals surface area contributed by atoms with Gasteiger partial charge in [-0.2, -0.15) is 0 Å². The summed E-state index contributed by atoms with van der Waals surface area (Å²) in [6.07, 6.45) is 1.12. The van der Waals surface area contributed by atoms with Gasteiger partial charge in [0.05, 0.1) is 33.5 Å². The summed E-state index contributed by atoms with van der Waals surface area (Å²) in [5.41, 5.74) is 1.12. The predicted octanol–water partition coefficient (Wildman–Crippen LogP) is 2.77. The fourth-order valence-corrected chi connectivity index (χ4v) is 3.17. The second-order valence-electron chi connectivity index (χ2n) is 6.49. The Labute approximate surface area is 185 Å². The summed E-state index contributed by atoms with van der Waals surface area (Å²) in [6.45, 7) is 7.27. The molecule has 0 amide bonds. The number of ether oxygens (including phenoxy) is 4. The number of hydrogen-bond acceptors (Lipinski definition) is 5. The highest BCUT2D eigenvalue weighted by atomic mass is 127. The van der Waals surface area contributed by atoms with E-state index in [0.29, 0.717) is 32.3 Å². The minimum atomic E-state index is 0. The molecule has 0 spiro atoms. The van der Waals surface area contributed by atoms with Crippen LogP contribution >= 0.6 is 24.0 Å². The van der Waals surface area contributed by atoms with Crippen LogP contribution in [-0.4, -0.2) is 71.6 Å². The minimum absolute atomic E-state index is 0. The third kappa shape index (κ3) is 7.63. The molecule has 1 aliphatic rings. The predicted molar refractivity (Wildman–Crippen MR) is 122 cm³/mol. The molecule has 0 aromatic heterocycles. The van der Waals surface area contributed by atoms with Gasteiger partial charge in [0, 0.05) is 39.7 Å². The van der Waals surface area contributed by atoms with Gasteiger partial charge in [-0.05, 0) is 31.0 Å². The molecule has 1 aliphatic heterocycles. The quantitative estimate of drug-likeness (QED) is 0.228. The number of methoxy groups -OCH3 is 2. The lowest BCUT2D eigenvalue weighted by Crippen LogP contribution is -2.39. The number of rotatable bonds is 10. The highest BCUT2D eigenvalue weighted by Gasteiger charge is 2.24. The summed E-state index contributed by atoms with van der Waals surface area (Å²) in [7, 11) is 5.17. The zero-order valence-corrected chi connectivity index (χ0v) is 19.7. The fraction of sp³-hybridized carbons (Fsp3) is 0.650. The average molecular weight is 507 g/mol. The Kier molecular flexibility index (Phi) is 12.2. The molecule has 1 aromatic carbocycles. The molecule has 0 radical (unpaired) electrons. The van der Waals surface area contributed by atoms with Crippen molar-refractivity contribution in [2.24, 2.45) is 10.9 Å². The largest absolute Gasteiger partial charge is 0.493 e. The molecule has 8 heteroatoms. The molecular formula is C20H34IN3O4. The number of halogens is 1.